The molecule has 0 N–H and O–H groups in total. The van der Waals surface area contributed by atoms with Crippen LogP contribution in [0.1, 0.15) is 11.4 Å². The van der Waals surface area contributed by atoms with Crippen molar-refractivity contribution < 1.29 is 4.79 Å². The SMILES string of the molecule is O=C(C=Cc1ccccn1)C=Cc1ccccn1. The molecule has 0 aliphatic carbocycles. The van der Waals surface area contributed by atoms with Crippen LogP contribution in [0.25, 0.3) is 12.2 Å². The van der Waals surface area contributed by atoms with E-state index < -0.39 is 0 Å². The fourth-order valence-corrected chi connectivity index (χ4v) is 1.34. The third-order valence-electron chi connectivity index (χ3n) is 2.21. The van der Waals surface area contributed by atoms with E-state index in [9.17, 15) is 4.79 Å². The highest BCUT2D eigenvalue weighted by molar-refractivity contribution is 6.04. The molecule has 0 bridgehead atoms. The van der Waals surface area contributed by atoms with Crippen LogP contribution in [-0.2, 0) is 4.79 Å². The number of allylic oxidation sites excluding steroid dienone is 2. The minimum atomic E-state index is -0.0914. The van der Waals surface area contributed by atoms with Crippen LogP contribution in [0.3, 0.4) is 0 Å². The molecule has 2 rings (SSSR count). The second-order valence-electron chi connectivity index (χ2n) is 3.58. The van der Waals surface area contributed by atoms with E-state index >= 15 is 0 Å². The molecule has 2 aromatic rings. The molecular weight excluding hydrogens is 224 g/mol. The lowest BCUT2D eigenvalue weighted by Crippen LogP contribution is -1.86. The van der Waals surface area contributed by atoms with E-state index in [1.54, 1.807) is 24.5 Å². The van der Waals surface area contributed by atoms with Gasteiger partial charge in [-0.3, -0.25) is 14.8 Å². The molecule has 0 aliphatic heterocycles. The van der Waals surface area contributed by atoms with Crippen molar-refractivity contribution >= 4 is 17.9 Å². The van der Waals surface area contributed by atoms with E-state index in [0.29, 0.717) is 0 Å². The summed E-state index contributed by atoms with van der Waals surface area (Å²) in [5.74, 6) is -0.0914. The molecule has 0 atom stereocenters. The van der Waals surface area contributed by atoms with Crippen LogP contribution in [0.2, 0.25) is 0 Å². The quantitative estimate of drug-likeness (QED) is 0.766. The lowest BCUT2D eigenvalue weighted by Gasteiger charge is -1.90. The average molecular weight is 236 g/mol. The molecule has 0 spiro atoms. The smallest absolute Gasteiger partial charge is 0.178 e. The van der Waals surface area contributed by atoms with Gasteiger partial charge < -0.3 is 0 Å². The van der Waals surface area contributed by atoms with E-state index in [2.05, 4.69) is 9.97 Å². The van der Waals surface area contributed by atoms with Gasteiger partial charge in [-0.15, -0.1) is 0 Å². The van der Waals surface area contributed by atoms with E-state index in [1.807, 2.05) is 36.4 Å². The zero-order valence-electron chi connectivity index (χ0n) is 9.73. The Hall–Kier alpha value is -2.55. The molecule has 0 amide bonds. The number of carbonyl (C=O) groups excluding carboxylic acids is 1. The summed E-state index contributed by atoms with van der Waals surface area (Å²) in [5.41, 5.74) is 1.52. The minimum Gasteiger partial charge on any atom is -0.290 e. The van der Waals surface area contributed by atoms with Crippen molar-refractivity contribution in [3.63, 3.8) is 0 Å². The van der Waals surface area contributed by atoms with Crippen LogP contribution in [0.5, 0.6) is 0 Å². The van der Waals surface area contributed by atoms with Crippen molar-refractivity contribution in [1.29, 1.82) is 0 Å². The Balaban J connectivity index is 1.97. The van der Waals surface area contributed by atoms with Gasteiger partial charge in [-0.05, 0) is 48.6 Å². The number of aromatic nitrogens is 2. The molecule has 0 radical (unpaired) electrons. The van der Waals surface area contributed by atoms with Crippen molar-refractivity contribution in [2.24, 2.45) is 0 Å². The first-order valence-electron chi connectivity index (χ1n) is 5.57. The summed E-state index contributed by atoms with van der Waals surface area (Å²) in [6, 6.07) is 11.1. The lowest BCUT2D eigenvalue weighted by atomic mass is 10.2. The van der Waals surface area contributed by atoms with Gasteiger partial charge in [-0.1, -0.05) is 12.1 Å². The predicted octanol–water partition coefficient (Wildman–Crippen LogP) is 2.77. The highest BCUT2D eigenvalue weighted by atomic mass is 16.1. The molecule has 0 aliphatic rings. The molecular formula is C15H12N2O. The summed E-state index contributed by atoms with van der Waals surface area (Å²) in [5, 5.41) is 0. The Kier molecular flexibility index (Phi) is 4.14. The van der Waals surface area contributed by atoms with Crippen molar-refractivity contribution in [2.75, 3.05) is 0 Å². The van der Waals surface area contributed by atoms with E-state index in [4.69, 9.17) is 0 Å². The van der Waals surface area contributed by atoms with Gasteiger partial charge in [0, 0.05) is 12.4 Å². The average Bonchev–Trinajstić information content (AvgIpc) is 2.45. The van der Waals surface area contributed by atoms with Crippen molar-refractivity contribution in [2.45, 2.75) is 0 Å². The van der Waals surface area contributed by atoms with Gasteiger partial charge in [0.15, 0.2) is 5.78 Å². The molecule has 0 saturated heterocycles. The molecule has 3 nitrogen and oxygen atoms in total. The zero-order valence-corrected chi connectivity index (χ0v) is 9.73. The number of carbonyl (C=O) groups is 1. The van der Waals surface area contributed by atoms with Gasteiger partial charge >= 0.3 is 0 Å². The first-order valence-corrected chi connectivity index (χ1v) is 5.57. The summed E-state index contributed by atoms with van der Waals surface area (Å²) in [7, 11) is 0. The normalized spacial score (nSPS) is 11.1. The molecule has 0 unspecified atom stereocenters. The van der Waals surface area contributed by atoms with E-state index in [-0.39, 0.29) is 5.78 Å². The lowest BCUT2D eigenvalue weighted by molar-refractivity contribution is -0.110. The molecule has 3 heteroatoms. The van der Waals surface area contributed by atoms with Crippen LogP contribution in [0.15, 0.2) is 60.9 Å². The molecule has 0 fully saturated rings. The molecule has 88 valence electrons. The van der Waals surface area contributed by atoms with Crippen LogP contribution in [0.4, 0.5) is 0 Å². The minimum absolute atomic E-state index is 0.0914. The molecule has 2 aromatic heterocycles. The third-order valence-corrected chi connectivity index (χ3v) is 2.21. The Morgan fingerprint density at radius 1 is 0.833 bits per heavy atom. The number of pyridine rings is 2. The molecule has 2 heterocycles. The fraction of sp³-hybridized carbons (Fsp3) is 0. The summed E-state index contributed by atoms with van der Waals surface area (Å²) in [6.07, 6.45) is 9.72. The first-order chi connectivity index (χ1) is 8.84. The Bertz CT molecular complexity index is 508. The monoisotopic (exact) mass is 236 g/mol. The second kappa shape index (κ2) is 6.25. The number of ketones is 1. The topological polar surface area (TPSA) is 42.9 Å². The maximum Gasteiger partial charge on any atom is 0.178 e. The highest BCUT2D eigenvalue weighted by Gasteiger charge is 1.91. The van der Waals surface area contributed by atoms with Gasteiger partial charge in [0.2, 0.25) is 0 Å². The van der Waals surface area contributed by atoms with Gasteiger partial charge in [0.05, 0.1) is 11.4 Å². The zero-order chi connectivity index (χ0) is 12.6. The number of nitrogens with zero attached hydrogens (tertiary/aromatic N) is 2. The molecule has 18 heavy (non-hydrogen) atoms. The summed E-state index contributed by atoms with van der Waals surface area (Å²) in [4.78, 5) is 19.7. The van der Waals surface area contributed by atoms with Gasteiger partial charge in [-0.2, -0.15) is 0 Å². The van der Waals surface area contributed by atoms with Gasteiger partial charge in [-0.25, -0.2) is 0 Å². The van der Waals surface area contributed by atoms with E-state index in [1.165, 1.54) is 12.2 Å². The summed E-state index contributed by atoms with van der Waals surface area (Å²) < 4.78 is 0. The van der Waals surface area contributed by atoms with Crippen molar-refractivity contribution in [1.82, 2.24) is 9.97 Å². The fourth-order valence-electron chi connectivity index (χ4n) is 1.34. The largest absolute Gasteiger partial charge is 0.290 e. The maximum atomic E-state index is 11.6. The van der Waals surface area contributed by atoms with Crippen LogP contribution >= 0.6 is 0 Å². The molecule has 0 aromatic carbocycles. The van der Waals surface area contributed by atoms with E-state index in [0.717, 1.165) is 11.4 Å². The first kappa shape index (κ1) is 11.9. The van der Waals surface area contributed by atoms with Crippen LogP contribution in [0, 0.1) is 0 Å². The van der Waals surface area contributed by atoms with Crippen LogP contribution < -0.4 is 0 Å². The van der Waals surface area contributed by atoms with Crippen molar-refractivity contribution in [3.8, 4) is 0 Å². The number of hydrogen-bond donors (Lipinski definition) is 0. The summed E-state index contributed by atoms with van der Waals surface area (Å²) >= 11 is 0. The van der Waals surface area contributed by atoms with Gasteiger partial charge in [0.1, 0.15) is 0 Å². The molecule has 0 saturated carbocycles. The summed E-state index contributed by atoms with van der Waals surface area (Å²) in [6.45, 7) is 0. The maximum absolute atomic E-state index is 11.6. The second-order valence-corrected chi connectivity index (χ2v) is 3.58. The third kappa shape index (κ3) is 3.79. The predicted molar refractivity (Wildman–Crippen MR) is 71.5 cm³/mol. The highest BCUT2D eigenvalue weighted by Crippen LogP contribution is 1.99. The Morgan fingerprint density at radius 2 is 1.33 bits per heavy atom. The Labute approximate surface area is 106 Å². The van der Waals surface area contributed by atoms with Crippen molar-refractivity contribution in [3.05, 3.63) is 72.3 Å². The Morgan fingerprint density at radius 3 is 1.72 bits per heavy atom. The number of rotatable bonds is 4. The number of hydrogen-bond acceptors (Lipinski definition) is 3. The standard InChI is InChI=1S/C15H12N2O/c18-15(9-7-13-5-1-3-11-16-13)10-8-14-6-2-4-12-17-14/h1-12H. The van der Waals surface area contributed by atoms with Crippen LogP contribution in [-0.4, -0.2) is 15.8 Å². The van der Waals surface area contributed by atoms with Gasteiger partial charge in [0.25, 0.3) is 0 Å².